The van der Waals surface area contributed by atoms with Crippen LogP contribution < -0.4 is 15.8 Å². The lowest BCUT2D eigenvalue weighted by molar-refractivity contribution is -0.165. The van der Waals surface area contributed by atoms with Gasteiger partial charge in [-0.1, -0.05) is 12.1 Å². The number of hydrogen-bond donors (Lipinski definition) is 2. The quantitative estimate of drug-likeness (QED) is 0.673. The van der Waals surface area contributed by atoms with Gasteiger partial charge in [-0.05, 0) is 49.9 Å². The van der Waals surface area contributed by atoms with Crippen molar-refractivity contribution in [2.75, 3.05) is 26.8 Å². The molecule has 7 heteroatoms. The van der Waals surface area contributed by atoms with Crippen molar-refractivity contribution in [3.8, 4) is 5.75 Å². The van der Waals surface area contributed by atoms with Gasteiger partial charge in [0, 0.05) is 12.6 Å². The van der Waals surface area contributed by atoms with E-state index in [1.165, 1.54) is 0 Å². The molecular formula is C19H27N3O4. The zero-order valence-corrected chi connectivity index (χ0v) is 15.1. The van der Waals surface area contributed by atoms with Crippen molar-refractivity contribution in [3.05, 3.63) is 29.8 Å². The average Bonchev–Trinajstić information content (AvgIpc) is 3.50. The number of morpholine rings is 1. The molecule has 3 rings (SSSR count). The largest absolute Gasteiger partial charge is 0.497 e. The standard InChI is InChI=1S/C19H27N3O4/c1-25-15-8-4-13(5-9-15)17-18(19(24)21-11-3-2-10-20)26-12-16(23)22(17)14-6-7-14/h4-5,8-9,14,17-18H,2-3,6-7,10-12,20H2,1H3,(H,21,24)/t17-,18+/m1/s1. The third-order valence-electron chi connectivity index (χ3n) is 4.85. The molecule has 1 aromatic rings. The Kier molecular flexibility index (Phi) is 6.11. The third-order valence-corrected chi connectivity index (χ3v) is 4.85. The number of nitrogens with one attached hydrogen (secondary N) is 1. The number of benzene rings is 1. The van der Waals surface area contributed by atoms with Crippen LogP contribution in [0.3, 0.4) is 0 Å². The molecule has 1 aromatic carbocycles. The fourth-order valence-corrected chi connectivity index (χ4v) is 3.35. The Morgan fingerprint density at radius 1 is 1.31 bits per heavy atom. The number of hydrogen-bond acceptors (Lipinski definition) is 5. The van der Waals surface area contributed by atoms with Crippen LogP contribution in [0.5, 0.6) is 5.75 Å². The summed E-state index contributed by atoms with van der Waals surface area (Å²) in [6, 6.07) is 7.27. The van der Waals surface area contributed by atoms with E-state index in [0.717, 1.165) is 37.0 Å². The van der Waals surface area contributed by atoms with Gasteiger partial charge in [-0.25, -0.2) is 0 Å². The first-order valence-corrected chi connectivity index (χ1v) is 9.20. The van der Waals surface area contributed by atoms with Crippen LogP contribution >= 0.6 is 0 Å². The molecule has 1 saturated carbocycles. The number of carbonyl (C=O) groups excluding carboxylic acids is 2. The van der Waals surface area contributed by atoms with Crippen LogP contribution in [0.4, 0.5) is 0 Å². The number of nitrogens with two attached hydrogens (primary N) is 1. The Morgan fingerprint density at radius 2 is 2.04 bits per heavy atom. The van der Waals surface area contributed by atoms with Gasteiger partial charge in [0.25, 0.3) is 5.91 Å². The fourth-order valence-electron chi connectivity index (χ4n) is 3.35. The second-order valence-corrected chi connectivity index (χ2v) is 6.77. The maximum absolute atomic E-state index is 12.7. The van der Waals surface area contributed by atoms with E-state index in [-0.39, 0.29) is 24.5 Å². The predicted molar refractivity (Wildman–Crippen MR) is 96.6 cm³/mol. The van der Waals surface area contributed by atoms with E-state index in [4.69, 9.17) is 15.2 Å². The van der Waals surface area contributed by atoms with E-state index < -0.39 is 12.1 Å². The summed E-state index contributed by atoms with van der Waals surface area (Å²) < 4.78 is 10.9. The van der Waals surface area contributed by atoms with E-state index in [1.807, 2.05) is 29.2 Å². The number of unbranched alkanes of at least 4 members (excludes halogenated alkanes) is 1. The normalized spacial score (nSPS) is 23.0. The number of carbonyl (C=O) groups is 2. The fraction of sp³-hybridized carbons (Fsp3) is 0.579. The maximum atomic E-state index is 12.7. The summed E-state index contributed by atoms with van der Waals surface area (Å²) in [5.74, 6) is 0.499. The van der Waals surface area contributed by atoms with Crippen LogP contribution in [0, 0.1) is 0 Å². The molecule has 0 aromatic heterocycles. The lowest BCUT2D eigenvalue weighted by atomic mass is 9.96. The molecule has 2 amide bonds. The minimum absolute atomic E-state index is 0.0515. The van der Waals surface area contributed by atoms with Crippen LogP contribution in [0.15, 0.2) is 24.3 Å². The van der Waals surface area contributed by atoms with Crippen LogP contribution in [0.1, 0.15) is 37.3 Å². The summed E-state index contributed by atoms with van der Waals surface area (Å²) >= 11 is 0. The zero-order chi connectivity index (χ0) is 18.5. The second kappa shape index (κ2) is 8.51. The van der Waals surface area contributed by atoms with Crippen LogP contribution in [0.25, 0.3) is 0 Å². The van der Waals surface area contributed by atoms with Crippen molar-refractivity contribution in [2.24, 2.45) is 5.73 Å². The molecule has 3 N–H and O–H groups in total. The highest BCUT2D eigenvalue weighted by Crippen LogP contribution is 2.39. The first-order chi connectivity index (χ1) is 12.7. The first-order valence-electron chi connectivity index (χ1n) is 9.20. The first kappa shape index (κ1) is 18.7. The molecule has 1 aliphatic carbocycles. The Hall–Kier alpha value is -2.12. The summed E-state index contributed by atoms with van der Waals surface area (Å²) in [7, 11) is 1.61. The Labute approximate surface area is 153 Å². The lowest BCUT2D eigenvalue weighted by Crippen LogP contribution is -2.55. The second-order valence-electron chi connectivity index (χ2n) is 6.77. The predicted octanol–water partition coefficient (Wildman–Crippen LogP) is 0.981. The number of rotatable bonds is 8. The molecule has 1 aliphatic heterocycles. The molecule has 0 unspecified atom stereocenters. The van der Waals surface area contributed by atoms with Gasteiger partial charge >= 0.3 is 0 Å². The van der Waals surface area contributed by atoms with Gasteiger partial charge < -0.3 is 25.4 Å². The van der Waals surface area contributed by atoms with Gasteiger partial charge in [0.15, 0.2) is 6.10 Å². The van der Waals surface area contributed by atoms with Crippen molar-refractivity contribution in [1.29, 1.82) is 0 Å². The Bertz CT molecular complexity index is 630. The summed E-state index contributed by atoms with van der Waals surface area (Å²) in [5.41, 5.74) is 6.37. The van der Waals surface area contributed by atoms with Crippen molar-refractivity contribution in [1.82, 2.24) is 10.2 Å². The molecule has 2 aliphatic rings. The van der Waals surface area contributed by atoms with Crippen molar-refractivity contribution in [2.45, 2.75) is 43.9 Å². The number of nitrogens with zero attached hydrogens (tertiary/aromatic N) is 1. The molecule has 0 spiro atoms. The van der Waals surface area contributed by atoms with E-state index in [1.54, 1.807) is 7.11 Å². The summed E-state index contributed by atoms with van der Waals surface area (Å²) in [5, 5.41) is 2.92. The minimum atomic E-state index is -0.709. The molecule has 0 radical (unpaired) electrons. The molecule has 142 valence electrons. The highest BCUT2D eigenvalue weighted by atomic mass is 16.5. The number of ether oxygens (including phenoxy) is 2. The Morgan fingerprint density at radius 3 is 2.65 bits per heavy atom. The van der Waals surface area contributed by atoms with Crippen molar-refractivity contribution >= 4 is 11.8 Å². The average molecular weight is 361 g/mol. The molecule has 7 nitrogen and oxygen atoms in total. The summed E-state index contributed by atoms with van der Waals surface area (Å²) in [4.78, 5) is 27.1. The zero-order valence-electron chi connectivity index (χ0n) is 15.1. The third kappa shape index (κ3) is 4.16. The molecule has 26 heavy (non-hydrogen) atoms. The lowest BCUT2D eigenvalue weighted by Gasteiger charge is -2.40. The van der Waals surface area contributed by atoms with Gasteiger partial charge in [-0.15, -0.1) is 0 Å². The van der Waals surface area contributed by atoms with E-state index in [9.17, 15) is 9.59 Å². The topological polar surface area (TPSA) is 93.9 Å². The SMILES string of the molecule is COc1ccc([C@@H]2[C@@H](C(=O)NCCCCN)OCC(=O)N2C2CC2)cc1. The van der Waals surface area contributed by atoms with Gasteiger partial charge in [0.2, 0.25) is 5.91 Å². The van der Waals surface area contributed by atoms with Crippen molar-refractivity contribution in [3.63, 3.8) is 0 Å². The molecular weight excluding hydrogens is 334 g/mol. The maximum Gasteiger partial charge on any atom is 0.251 e. The van der Waals surface area contributed by atoms with Crippen LogP contribution in [-0.4, -0.2) is 55.7 Å². The van der Waals surface area contributed by atoms with Gasteiger partial charge in [0.05, 0.1) is 13.2 Å². The van der Waals surface area contributed by atoms with E-state index in [0.29, 0.717) is 13.1 Å². The van der Waals surface area contributed by atoms with Crippen LogP contribution in [-0.2, 0) is 14.3 Å². The van der Waals surface area contributed by atoms with Gasteiger partial charge in [-0.3, -0.25) is 9.59 Å². The van der Waals surface area contributed by atoms with Gasteiger partial charge in [-0.2, -0.15) is 0 Å². The minimum Gasteiger partial charge on any atom is -0.497 e. The number of amides is 2. The molecule has 0 bridgehead atoms. The highest BCUT2D eigenvalue weighted by molar-refractivity contribution is 5.86. The smallest absolute Gasteiger partial charge is 0.251 e. The van der Waals surface area contributed by atoms with Crippen LogP contribution in [0.2, 0.25) is 0 Å². The van der Waals surface area contributed by atoms with Gasteiger partial charge in [0.1, 0.15) is 12.4 Å². The number of methoxy groups -OCH3 is 1. The molecule has 2 atom stereocenters. The highest BCUT2D eigenvalue weighted by Gasteiger charge is 2.47. The summed E-state index contributed by atoms with van der Waals surface area (Å²) in [6.07, 6.45) is 2.93. The molecule has 1 saturated heterocycles. The Balaban J connectivity index is 1.80. The summed E-state index contributed by atoms with van der Waals surface area (Å²) in [6.45, 7) is 1.11. The molecule has 1 heterocycles. The molecule has 2 fully saturated rings. The van der Waals surface area contributed by atoms with Crippen molar-refractivity contribution < 1.29 is 19.1 Å². The van der Waals surface area contributed by atoms with E-state index in [2.05, 4.69) is 5.32 Å². The van der Waals surface area contributed by atoms with E-state index >= 15 is 0 Å². The monoisotopic (exact) mass is 361 g/mol.